The first kappa shape index (κ1) is 25.1. The van der Waals surface area contributed by atoms with E-state index in [1.807, 2.05) is 0 Å². The van der Waals surface area contributed by atoms with Crippen LogP contribution in [-0.2, 0) is 28.6 Å². The summed E-state index contributed by atoms with van der Waals surface area (Å²) in [5.74, 6) is -1.18. The van der Waals surface area contributed by atoms with Gasteiger partial charge in [0.05, 0.1) is 0 Å². The van der Waals surface area contributed by atoms with Gasteiger partial charge in [0.2, 0.25) is 0 Å². The van der Waals surface area contributed by atoms with Gasteiger partial charge in [-0.1, -0.05) is 13.2 Å². The Kier molecular flexibility index (Phi) is 13.2. The molecule has 0 saturated heterocycles. The van der Waals surface area contributed by atoms with Gasteiger partial charge in [-0.15, -0.1) is 0 Å². The number of carbonyl (C=O) groups is 3. The van der Waals surface area contributed by atoms with Crippen molar-refractivity contribution in [2.75, 3.05) is 26.4 Å². The van der Waals surface area contributed by atoms with Gasteiger partial charge in [0.15, 0.2) is 0 Å². The van der Waals surface area contributed by atoms with Crippen molar-refractivity contribution in [3.05, 3.63) is 24.3 Å². The van der Waals surface area contributed by atoms with E-state index < -0.39 is 5.97 Å². The van der Waals surface area contributed by atoms with Crippen LogP contribution >= 0.6 is 0 Å². The molecule has 0 spiro atoms. The third kappa shape index (κ3) is 19.8. The summed E-state index contributed by atoms with van der Waals surface area (Å²) in [6.07, 6.45) is 0. The Labute approximate surface area is 150 Å². The first-order valence-corrected chi connectivity index (χ1v) is 7.90. The molecule has 0 amide bonds. The smallest absolute Gasteiger partial charge is 0.333 e. The van der Waals surface area contributed by atoms with Crippen molar-refractivity contribution in [2.24, 2.45) is 0 Å². The predicted octanol–water partition coefficient (Wildman–Crippen LogP) is 2.16. The van der Waals surface area contributed by atoms with E-state index in [1.165, 1.54) is 6.92 Å². The topological polar surface area (TPSA) is 90.9 Å². The summed E-state index contributed by atoms with van der Waals surface area (Å²) in [5, 5.41) is 3.21. The normalized spacial score (nSPS) is 10.0. The van der Waals surface area contributed by atoms with E-state index in [0.29, 0.717) is 24.3 Å². The van der Waals surface area contributed by atoms with Crippen LogP contribution in [0.5, 0.6) is 0 Å². The Morgan fingerprint density at radius 1 is 0.800 bits per heavy atom. The van der Waals surface area contributed by atoms with Crippen LogP contribution in [0.25, 0.3) is 0 Å². The molecule has 0 unspecified atom stereocenters. The van der Waals surface area contributed by atoms with Crippen molar-refractivity contribution < 1.29 is 28.6 Å². The largest absolute Gasteiger partial charge is 0.462 e. The van der Waals surface area contributed by atoms with Crippen molar-refractivity contribution in [1.29, 1.82) is 0 Å². The fourth-order valence-electron chi connectivity index (χ4n) is 1.14. The molecule has 0 heterocycles. The number of hydrogen-bond donors (Lipinski definition) is 1. The summed E-state index contributed by atoms with van der Waals surface area (Å²) >= 11 is 0. The molecule has 0 radical (unpaired) electrons. The highest BCUT2D eigenvalue weighted by Gasteiger charge is 2.08. The molecule has 7 nitrogen and oxygen atoms in total. The van der Waals surface area contributed by atoms with Crippen LogP contribution in [-0.4, -0.2) is 49.8 Å². The fraction of sp³-hybridized carbons (Fsp3) is 0.611. The van der Waals surface area contributed by atoms with E-state index in [9.17, 15) is 14.4 Å². The van der Waals surface area contributed by atoms with Gasteiger partial charge in [0.1, 0.15) is 19.8 Å². The molecule has 0 aliphatic heterocycles. The van der Waals surface area contributed by atoms with Crippen molar-refractivity contribution in [1.82, 2.24) is 5.32 Å². The maximum atomic E-state index is 10.9. The van der Waals surface area contributed by atoms with E-state index in [-0.39, 0.29) is 30.7 Å². The Balaban J connectivity index is 0. The minimum absolute atomic E-state index is 0.0651. The quantitative estimate of drug-likeness (QED) is 0.308. The molecule has 0 aromatic heterocycles. The van der Waals surface area contributed by atoms with Crippen LogP contribution in [0, 0.1) is 0 Å². The number of esters is 3. The number of ether oxygens (including phenoxy) is 3. The van der Waals surface area contributed by atoms with Crippen molar-refractivity contribution in [2.45, 2.75) is 47.1 Å². The molecule has 0 aliphatic rings. The van der Waals surface area contributed by atoms with Gasteiger partial charge < -0.3 is 19.5 Å². The lowest BCUT2D eigenvalue weighted by Gasteiger charge is -2.20. The van der Waals surface area contributed by atoms with Crippen molar-refractivity contribution >= 4 is 17.9 Å². The van der Waals surface area contributed by atoms with Gasteiger partial charge in [-0.2, -0.15) is 0 Å². The second-order valence-corrected chi connectivity index (χ2v) is 6.35. The zero-order valence-corrected chi connectivity index (χ0v) is 16.2. The van der Waals surface area contributed by atoms with Crippen LogP contribution in [0.4, 0.5) is 0 Å². The average Bonchev–Trinajstić information content (AvgIpc) is 2.46. The molecule has 0 aromatic carbocycles. The van der Waals surface area contributed by atoms with E-state index >= 15 is 0 Å². The van der Waals surface area contributed by atoms with Gasteiger partial charge in [-0.25, -0.2) is 9.59 Å². The Hall–Kier alpha value is -2.15. The third-order valence-electron chi connectivity index (χ3n) is 2.31. The molecule has 7 heteroatoms. The number of rotatable bonds is 8. The van der Waals surface area contributed by atoms with Gasteiger partial charge >= 0.3 is 17.9 Å². The highest BCUT2D eigenvalue weighted by atomic mass is 16.6. The lowest BCUT2D eigenvalue weighted by atomic mass is 10.1. The number of nitrogens with one attached hydrogen (secondary N) is 1. The second-order valence-electron chi connectivity index (χ2n) is 6.35. The Bertz CT molecular complexity index is 476. The van der Waals surface area contributed by atoms with E-state index in [0.717, 1.165) is 0 Å². The zero-order chi connectivity index (χ0) is 20.0. The highest BCUT2D eigenvalue weighted by Crippen LogP contribution is 1.97. The summed E-state index contributed by atoms with van der Waals surface area (Å²) in [4.78, 5) is 31.9. The van der Waals surface area contributed by atoms with Crippen LogP contribution < -0.4 is 5.32 Å². The van der Waals surface area contributed by atoms with Crippen molar-refractivity contribution in [3.63, 3.8) is 0 Å². The predicted molar refractivity (Wildman–Crippen MR) is 95.9 cm³/mol. The second kappa shape index (κ2) is 13.2. The molecule has 144 valence electrons. The molecule has 0 atom stereocenters. The lowest BCUT2D eigenvalue weighted by molar-refractivity contribution is -0.148. The Morgan fingerprint density at radius 3 is 1.56 bits per heavy atom. The van der Waals surface area contributed by atoms with Crippen LogP contribution in [0.2, 0.25) is 0 Å². The maximum absolute atomic E-state index is 10.9. The first-order chi connectivity index (χ1) is 11.4. The summed E-state index contributed by atoms with van der Waals surface area (Å²) in [7, 11) is 0. The van der Waals surface area contributed by atoms with Gasteiger partial charge in [-0.3, -0.25) is 4.79 Å². The fourth-order valence-corrected chi connectivity index (χ4v) is 1.14. The van der Waals surface area contributed by atoms with Gasteiger partial charge in [0.25, 0.3) is 0 Å². The molecule has 0 aromatic rings. The molecule has 0 bridgehead atoms. The lowest BCUT2D eigenvalue weighted by Crippen LogP contribution is -2.38. The summed E-state index contributed by atoms with van der Waals surface area (Å²) < 4.78 is 14.1. The minimum atomic E-state index is -0.470. The first-order valence-electron chi connectivity index (χ1n) is 7.90. The van der Waals surface area contributed by atoms with Crippen LogP contribution in [0.3, 0.4) is 0 Å². The van der Waals surface area contributed by atoms with Crippen LogP contribution in [0.1, 0.15) is 41.5 Å². The van der Waals surface area contributed by atoms with E-state index in [2.05, 4.69) is 48.7 Å². The number of hydrogen-bond acceptors (Lipinski definition) is 7. The molecule has 25 heavy (non-hydrogen) atoms. The SMILES string of the molecule is C=C(C)C(=O)OCCNC(C)(C)C.C=C(C)C(=O)OCCOC(C)=O. The molecule has 1 N–H and O–H groups in total. The van der Waals surface area contributed by atoms with E-state index in [1.54, 1.807) is 13.8 Å². The zero-order valence-electron chi connectivity index (χ0n) is 16.2. The average molecular weight is 357 g/mol. The molecular weight excluding hydrogens is 326 g/mol. The summed E-state index contributed by atoms with van der Waals surface area (Å²) in [6, 6.07) is 0. The molecule has 0 saturated carbocycles. The Morgan fingerprint density at radius 2 is 1.20 bits per heavy atom. The highest BCUT2D eigenvalue weighted by molar-refractivity contribution is 5.87. The standard InChI is InChI=1S/C10H19NO2.C8H12O4/c1-8(2)9(12)13-7-6-11-10(3,4)5;1-6(2)8(10)12-5-4-11-7(3)9/h11H,1,6-7H2,2-5H3;1,4-5H2,2-3H3. The number of carbonyl (C=O) groups excluding carboxylic acids is 3. The monoisotopic (exact) mass is 357 g/mol. The van der Waals surface area contributed by atoms with Crippen LogP contribution in [0.15, 0.2) is 24.3 Å². The molecule has 0 aliphatic carbocycles. The van der Waals surface area contributed by atoms with Gasteiger partial charge in [0, 0.05) is 30.2 Å². The molecular formula is C18H31NO6. The third-order valence-corrected chi connectivity index (χ3v) is 2.31. The maximum Gasteiger partial charge on any atom is 0.333 e. The van der Waals surface area contributed by atoms with Gasteiger partial charge in [-0.05, 0) is 34.6 Å². The minimum Gasteiger partial charge on any atom is -0.462 e. The van der Waals surface area contributed by atoms with Crippen molar-refractivity contribution in [3.8, 4) is 0 Å². The summed E-state index contributed by atoms with van der Waals surface area (Å²) in [6.45, 7) is 18.8. The summed E-state index contributed by atoms with van der Waals surface area (Å²) in [5.41, 5.74) is 0.837. The molecule has 0 rings (SSSR count). The molecule has 0 fully saturated rings. The van der Waals surface area contributed by atoms with E-state index in [4.69, 9.17) is 4.74 Å².